The number of aryl methyl sites for hydroxylation is 1. The van der Waals surface area contributed by atoms with Crippen LogP contribution >= 0.6 is 11.3 Å². The van der Waals surface area contributed by atoms with Gasteiger partial charge in [0.25, 0.3) is 10.1 Å². The molecule has 0 saturated heterocycles. The van der Waals surface area contributed by atoms with E-state index < -0.39 is 32.0 Å². The maximum atomic E-state index is 13.2. The van der Waals surface area contributed by atoms with Crippen LogP contribution in [0.2, 0.25) is 0 Å². The van der Waals surface area contributed by atoms with Crippen LogP contribution in [-0.2, 0) is 22.7 Å². The van der Waals surface area contributed by atoms with E-state index in [1.165, 1.54) is 5.38 Å². The number of rotatable bonds is 4. The van der Waals surface area contributed by atoms with E-state index in [9.17, 15) is 26.1 Å². The van der Waals surface area contributed by atoms with Crippen molar-refractivity contribution in [1.29, 1.82) is 0 Å². The highest BCUT2D eigenvalue weighted by molar-refractivity contribution is 7.86. The molecule has 0 amide bonds. The van der Waals surface area contributed by atoms with E-state index in [0.29, 0.717) is 16.9 Å². The Kier molecular flexibility index (Phi) is 4.89. The Morgan fingerprint density at radius 2 is 1.78 bits per heavy atom. The highest BCUT2D eigenvalue weighted by Gasteiger charge is 2.40. The molecule has 0 radical (unpaired) electrons. The average molecular weight is 364 g/mol. The molecular formula is C15H15F3O3S2. The van der Waals surface area contributed by atoms with Crippen LogP contribution in [0.5, 0.6) is 0 Å². The summed E-state index contributed by atoms with van der Waals surface area (Å²) in [6, 6.07) is 6.87. The van der Waals surface area contributed by atoms with Crippen LogP contribution in [0.15, 0.2) is 29.6 Å². The van der Waals surface area contributed by atoms with Crippen LogP contribution in [0.4, 0.5) is 13.2 Å². The van der Waals surface area contributed by atoms with Gasteiger partial charge in [0.05, 0.1) is 0 Å². The smallest absolute Gasteiger partial charge is 0.285 e. The minimum Gasteiger partial charge on any atom is -0.285 e. The maximum Gasteiger partial charge on any atom is 0.425 e. The monoisotopic (exact) mass is 364 g/mol. The molecule has 0 spiro atoms. The first-order valence-electron chi connectivity index (χ1n) is 6.80. The van der Waals surface area contributed by atoms with Crippen LogP contribution in [0.1, 0.15) is 35.1 Å². The molecule has 2 rings (SSSR count). The molecule has 1 aromatic carbocycles. The Morgan fingerprint density at radius 1 is 1.22 bits per heavy atom. The fraction of sp³-hybridized carbons (Fsp3) is 0.333. The van der Waals surface area contributed by atoms with Gasteiger partial charge in [-0.15, -0.1) is 11.3 Å². The number of alkyl halides is 3. The standard InChI is InChI=1S/C15H15F3O3S2/c1-3-10-4-6-11(7-5-10)12-8-22-14(15(16,17)18)13(12)9(2)23(19,20)21/h4-9H,3H2,1-2H3,(H,19,20,21). The molecule has 0 aliphatic rings. The first kappa shape index (κ1) is 18.0. The van der Waals surface area contributed by atoms with Crippen LogP contribution in [-0.4, -0.2) is 13.0 Å². The molecule has 0 aliphatic carbocycles. The van der Waals surface area contributed by atoms with Crippen molar-refractivity contribution in [2.75, 3.05) is 0 Å². The molecule has 1 unspecified atom stereocenters. The van der Waals surface area contributed by atoms with E-state index >= 15 is 0 Å². The fourth-order valence-corrected chi connectivity index (χ4v) is 3.95. The minimum atomic E-state index is -4.68. The summed E-state index contributed by atoms with van der Waals surface area (Å²) in [6.07, 6.45) is -3.90. The summed E-state index contributed by atoms with van der Waals surface area (Å²) in [5.41, 5.74) is 1.27. The minimum absolute atomic E-state index is 0.176. The van der Waals surface area contributed by atoms with Gasteiger partial charge in [-0.2, -0.15) is 21.6 Å². The summed E-state index contributed by atoms with van der Waals surface area (Å²) in [7, 11) is -4.65. The molecule has 23 heavy (non-hydrogen) atoms. The van der Waals surface area contributed by atoms with Crippen LogP contribution in [0, 0.1) is 0 Å². The molecule has 2 aromatic rings. The number of thiophene rings is 1. The molecule has 0 saturated carbocycles. The van der Waals surface area contributed by atoms with Crippen molar-refractivity contribution in [1.82, 2.24) is 0 Å². The third-order valence-electron chi connectivity index (χ3n) is 3.61. The molecule has 1 atom stereocenters. The second-order valence-corrected chi connectivity index (χ2v) is 7.71. The van der Waals surface area contributed by atoms with E-state index in [1.54, 1.807) is 24.3 Å². The van der Waals surface area contributed by atoms with Crippen LogP contribution < -0.4 is 0 Å². The summed E-state index contributed by atoms with van der Waals surface area (Å²) in [6.45, 7) is 3.00. The highest BCUT2D eigenvalue weighted by atomic mass is 32.2. The Hall–Kier alpha value is -1.38. The van der Waals surface area contributed by atoms with Gasteiger partial charge in [-0.3, -0.25) is 4.55 Å². The van der Waals surface area contributed by atoms with Crippen molar-refractivity contribution in [3.63, 3.8) is 0 Å². The molecule has 0 bridgehead atoms. The van der Waals surface area contributed by atoms with Gasteiger partial charge in [0.2, 0.25) is 0 Å². The van der Waals surface area contributed by atoms with E-state index in [4.69, 9.17) is 0 Å². The van der Waals surface area contributed by atoms with E-state index in [1.807, 2.05) is 6.92 Å². The van der Waals surface area contributed by atoms with Gasteiger partial charge in [0, 0.05) is 5.56 Å². The van der Waals surface area contributed by atoms with Crippen molar-refractivity contribution < 1.29 is 26.1 Å². The van der Waals surface area contributed by atoms with Crippen molar-refractivity contribution in [2.45, 2.75) is 31.7 Å². The zero-order chi connectivity index (χ0) is 17.4. The van der Waals surface area contributed by atoms with E-state index in [0.717, 1.165) is 18.9 Å². The quantitative estimate of drug-likeness (QED) is 0.782. The van der Waals surface area contributed by atoms with E-state index in [2.05, 4.69) is 0 Å². The SMILES string of the molecule is CCc1ccc(-c2csc(C(F)(F)F)c2C(C)S(=O)(=O)O)cc1. The van der Waals surface area contributed by atoms with Gasteiger partial charge in [-0.05, 0) is 35.4 Å². The Balaban J connectivity index is 2.66. The topological polar surface area (TPSA) is 54.4 Å². The average Bonchev–Trinajstić information content (AvgIpc) is 2.90. The van der Waals surface area contributed by atoms with Gasteiger partial charge in [-0.1, -0.05) is 31.2 Å². The summed E-state index contributed by atoms with van der Waals surface area (Å²) >= 11 is 0.432. The normalized spacial score (nSPS) is 14.0. The lowest BCUT2D eigenvalue weighted by Gasteiger charge is -2.15. The van der Waals surface area contributed by atoms with Crippen molar-refractivity contribution in [3.8, 4) is 11.1 Å². The molecule has 0 aliphatic heterocycles. The number of hydrogen-bond donors (Lipinski definition) is 1. The highest BCUT2D eigenvalue weighted by Crippen LogP contribution is 2.45. The molecule has 126 valence electrons. The molecule has 1 N–H and O–H groups in total. The molecule has 1 heterocycles. The third kappa shape index (κ3) is 3.76. The number of benzene rings is 1. The van der Waals surface area contributed by atoms with Crippen LogP contribution in [0.25, 0.3) is 11.1 Å². The third-order valence-corrected chi connectivity index (χ3v) is 5.78. The zero-order valence-electron chi connectivity index (χ0n) is 12.4. The van der Waals surface area contributed by atoms with Gasteiger partial charge < -0.3 is 0 Å². The molecule has 3 nitrogen and oxygen atoms in total. The van der Waals surface area contributed by atoms with Gasteiger partial charge in [0.15, 0.2) is 0 Å². The summed E-state index contributed by atoms with van der Waals surface area (Å²) in [5, 5.41) is -0.382. The van der Waals surface area contributed by atoms with Gasteiger partial charge >= 0.3 is 6.18 Å². The zero-order valence-corrected chi connectivity index (χ0v) is 14.0. The first-order chi connectivity index (χ1) is 10.6. The predicted octanol–water partition coefficient (Wildman–Crippen LogP) is 4.95. The molecule has 1 aromatic heterocycles. The van der Waals surface area contributed by atoms with E-state index in [-0.39, 0.29) is 5.56 Å². The molecular weight excluding hydrogens is 349 g/mol. The van der Waals surface area contributed by atoms with Gasteiger partial charge in [0.1, 0.15) is 10.1 Å². The lowest BCUT2D eigenvalue weighted by Crippen LogP contribution is -2.14. The predicted molar refractivity (Wildman–Crippen MR) is 84.1 cm³/mol. The Bertz CT molecular complexity index is 790. The lowest BCUT2D eigenvalue weighted by atomic mass is 9.99. The van der Waals surface area contributed by atoms with Crippen molar-refractivity contribution in [3.05, 3.63) is 45.6 Å². The Morgan fingerprint density at radius 3 is 2.22 bits per heavy atom. The number of halogens is 3. The van der Waals surface area contributed by atoms with Crippen LogP contribution in [0.3, 0.4) is 0 Å². The Labute approximate surface area is 136 Å². The number of hydrogen-bond acceptors (Lipinski definition) is 3. The lowest BCUT2D eigenvalue weighted by molar-refractivity contribution is -0.134. The fourth-order valence-electron chi connectivity index (χ4n) is 2.28. The largest absolute Gasteiger partial charge is 0.425 e. The summed E-state index contributed by atoms with van der Waals surface area (Å²) in [4.78, 5) is -1.00. The van der Waals surface area contributed by atoms with Crippen molar-refractivity contribution in [2.24, 2.45) is 0 Å². The second kappa shape index (κ2) is 6.26. The second-order valence-electron chi connectivity index (χ2n) is 5.10. The van der Waals surface area contributed by atoms with Gasteiger partial charge in [-0.25, -0.2) is 0 Å². The summed E-state index contributed by atoms with van der Waals surface area (Å²) < 4.78 is 71.5. The van der Waals surface area contributed by atoms with Crippen molar-refractivity contribution >= 4 is 21.5 Å². The first-order valence-corrected chi connectivity index (χ1v) is 9.18. The maximum absolute atomic E-state index is 13.2. The summed E-state index contributed by atoms with van der Waals surface area (Å²) in [5.74, 6) is 0. The molecule has 0 fully saturated rings. The molecule has 8 heteroatoms.